The van der Waals surface area contributed by atoms with Gasteiger partial charge in [-0.05, 0) is 18.4 Å². The maximum atomic E-state index is 13.1. The highest BCUT2D eigenvalue weighted by Crippen LogP contribution is 2.35. The Morgan fingerprint density at radius 3 is 2.32 bits per heavy atom. The number of nitrogens with zero attached hydrogens (tertiary/aromatic N) is 3. The topological polar surface area (TPSA) is 53.1 Å². The van der Waals surface area contributed by atoms with Crippen LogP contribution >= 0.6 is 0 Å². The fraction of sp³-hybridized carbons (Fsp3) is 0.579. The van der Waals surface area contributed by atoms with Gasteiger partial charge in [-0.25, -0.2) is 4.79 Å². The molecule has 3 rings (SSSR count). The number of benzene rings is 1. The largest absolute Gasteiger partial charge is 0.373 e. The van der Waals surface area contributed by atoms with Crippen molar-refractivity contribution >= 4 is 11.9 Å². The van der Waals surface area contributed by atoms with Crippen LogP contribution in [0.2, 0.25) is 0 Å². The lowest BCUT2D eigenvalue weighted by Gasteiger charge is -2.39. The molecule has 0 N–H and O–H groups in total. The number of carbonyl (C=O) groups is 2. The molecule has 6 heteroatoms. The minimum absolute atomic E-state index is 0.00950. The van der Waals surface area contributed by atoms with Gasteiger partial charge in [-0.2, -0.15) is 0 Å². The minimum atomic E-state index is -0.163. The molecule has 6 nitrogen and oxygen atoms in total. The summed E-state index contributed by atoms with van der Waals surface area (Å²) >= 11 is 0. The van der Waals surface area contributed by atoms with E-state index < -0.39 is 0 Å². The van der Waals surface area contributed by atoms with Gasteiger partial charge >= 0.3 is 6.03 Å². The summed E-state index contributed by atoms with van der Waals surface area (Å²) < 4.78 is 5.96. The van der Waals surface area contributed by atoms with Gasteiger partial charge in [0.15, 0.2) is 0 Å². The Balaban J connectivity index is 1.65. The summed E-state index contributed by atoms with van der Waals surface area (Å²) in [4.78, 5) is 30.4. The zero-order valence-corrected chi connectivity index (χ0v) is 15.1. The Hall–Kier alpha value is -2.08. The molecule has 0 spiro atoms. The Morgan fingerprint density at radius 1 is 1.04 bits per heavy atom. The fourth-order valence-electron chi connectivity index (χ4n) is 3.64. The zero-order valence-electron chi connectivity index (χ0n) is 15.1. The number of urea groups is 1. The van der Waals surface area contributed by atoms with Gasteiger partial charge < -0.3 is 19.4 Å². The number of rotatable bonds is 2. The molecule has 1 aromatic rings. The maximum Gasteiger partial charge on any atom is 0.319 e. The van der Waals surface area contributed by atoms with Crippen LogP contribution < -0.4 is 0 Å². The molecule has 0 bridgehead atoms. The highest BCUT2D eigenvalue weighted by atomic mass is 16.5. The van der Waals surface area contributed by atoms with Crippen LogP contribution in [0.3, 0.4) is 0 Å². The number of amides is 3. The molecule has 2 saturated heterocycles. The number of piperazine rings is 1. The highest BCUT2D eigenvalue weighted by Gasteiger charge is 2.37. The van der Waals surface area contributed by atoms with Crippen molar-refractivity contribution in [2.24, 2.45) is 5.92 Å². The second-order valence-electron chi connectivity index (χ2n) is 6.94. The first-order valence-corrected chi connectivity index (χ1v) is 8.99. The lowest BCUT2D eigenvalue weighted by atomic mass is 9.88. The normalized spacial score (nSPS) is 24.1. The van der Waals surface area contributed by atoms with E-state index in [1.54, 1.807) is 23.9 Å². The van der Waals surface area contributed by atoms with Crippen LogP contribution in [-0.4, -0.2) is 73.5 Å². The van der Waals surface area contributed by atoms with Crippen molar-refractivity contribution in [1.29, 1.82) is 0 Å². The quantitative estimate of drug-likeness (QED) is 0.824. The average molecular weight is 345 g/mol. The molecule has 0 radical (unpaired) electrons. The van der Waals surface area contributed by atoms with E-state index in [-0.39, 0.29) is 24.0 Å². The summed E-state index contributed by atoms with van der Waals surface area (Å²) in [5.41, 5.74) is 1.07. The summed E-state index contributed by atoms with van der Waals surface area (Å²) in [5, 5.41) is 0. The van der Waals surface area contributed by atoms with Gasteiger partial charge in [0.25, 0.3) is 0 Å². The summed E-state index contributed by atoms with van der Waals surface area (Å²) in [6, 6.07) is 10.0. The summed E-state index contributed by atoms with van der Waals surface area (Å²) in [6.45, 7) is 3.07. The summed E-state index contributed by atoms with van der Waals surface area (Å²) in [5.74, 6) is 0.0257. The van der Waals surface area contributed by atoms with Crippen LogP contribution in [0.15, 0.2) is 30.3 Å². The number of hydrogen-bond donors (Lipinski definition) is 0. The van der Waals surface area contributed by atoms with Crippen LogP contribution in [0, 0.1) is 5.92 Å². The first kappa shape index (κ1) is 17.7. The van der Waals surface area contributed by atoms with E-state index in [1.165, 1.54) is 0 Å². The molecule has 2 unspecified atom stereocenters. The smallest absolute Gasteiger partial charge is 0.319 e. The Bertz CT molecular complexity index is 597. The van der Waals surface area contributed by atoms with Crippen molar-refractivity contribution in [2.45, 2.75) is 18.9 Å². The molecule has 25 heavy (non-hydrogen) atoms. The van der Waals surface area contributed by atoms with Crippen molar-refractivity contribution in [3.63, 3.8) is 0 Å². The van der Waals surface area contributed by atoms with Crippen LogP contribution in [-0.2, 0) is 9.53 Å². The van der Waals surface area contributed by atoms with E-state index in [4.69, 9.17) is 4.74 Å². The minimum Gasteiger partial charge on any atom is -0.373 e. The van der Waals surface area contributed by atoms with Crippen LogP contribution in [0.5, 0.6) is 0 Å². The van der Waals surface area contributed by atoms with Crippen molar-refractivity contribution < 1.29 is 14.3 Å². The lowest BCUT2D eigenvalue weighted by Crippen LogP contribution is -2.54. The standard InChI is InChI=1S/C19H27N3O3/c1-20(2)19(24)22-12-10-21(11-13-22)18(23)16-9-6-14-25-17(16)15-7-4-3-5-8-15/h3-5,7-8,16-17H,6,9-14H2,1-2H3. The van der Waals surface area contributed by atoms with Gasteiger partial charge in [0.05, 0.1) is 12.0 Å². The number of hydrogen-bond acceptors (Lipinski definition) is 3. The summed E-state index contributed by atoms with van der Waals surface area (Å²) in [7, 11) is 3.51. The van der Waals surface area contributed by atoms with Crippen molar-refractivity contribution in [3.8, 4) is 0 Å². The third-order valence-electron chi connectivity index (χ3n) is 5.01. The van der Waals surface area contributed by atoms with Gasteiger partial charge in [-0.1, -0.05) is 30.3 Å². The molecule has 2 aliphatic rings. The van der Waals surface area contributed by atoms with E-state index in [0.29, 0.717) is 32.8 Å². The Labute approximate surface area is 149 Å². The molecule has 0 aromatic heterocycles. The van der Waals surface area contributed by atoms with E-state index in [1.807, 2.05) is 35.2 Å². The van der Waals surface area contributed by atoms with Crippen LogP contribution in [0.1, 0.15) is 24.5 Å². The molecule has 0 saturated carbocycles. The van der Waals surface area contributed by atoms with Gasteiger partial charge in [-0.3, -0.25) is 4.79 Å². The molecule has 2 atom stereocenters. The van der Waals surface area contributed by atoms with E-state index in [2.05, 4.69) is 0 Å². The molecular weight excluding hydrogens is 318 g/mol. The molecule has 2 aliphatic heterocycles. The number of carbonyl (C=O) groups excluding carboxylic acids is 2. The molecule has 0 aliphatic carbocycles. The van der Waals surface area contributed by atoms with Gasteiger partial charge in [0.1, 0.15) is 0 Å². The highest BCUT2D eigenvalue weighted by molar-refractivity contribution is 5.80. The first-order valence-electron chi connectivity index (χ1n) is 8.99. The average Bonchev–Trinajstić information content (AvgIpc) is 2.67. The van der Waals surface area contributed by atoms with Crippen molar-refractivity contribution in [3.05, 3.63) is 35.9 Å². The zero-order chi connectivity index (χ0) is 17.8. The first-order chi connectivity index (χ1) is 12.1. The van der Waals surface area contributed by atoms with E-state index in [0.717, 1.165) is 18.4 Å². The molecule has 3 amide bonds. The Morgan fingerprint density at radius 2 is 1.68 bits per heavy atom. The van der Waals surface area contributed by atoms with E-state index in [9.17, 15) is 9.59 Å². The SMILES string of the molecule is CN(C)C(=O)N1CCN(C(=O)C2CCCOC2c2ccccc2)CC1. The molecule has 2 heterocycles. The van der Waals surface area contributed by atoms with Gasteiger partial charge in [0.2, 0.25) is 5.91 Å². The summed E-state index contributed by atoms with van der Waals surface area (Å²) in [6.07, 6.45) is 1.61. The second kappa shape index (κ2) is 7.87. The van der Waals surface area contributed by atoms with Crippen molar-refractivity contribution in [2.75, 3.05) is 46.9 Å². The van der Waals surface area contributed by atoms with Gasteiger partial charge in [-0.15, -0.1) is 0 Å². The van der Waals surface area contributed by atoms with Crippen molar-refractivity contribution in [1.82, 2.24) is 14.7 Å². The maximum absolute atomic E-state index is 13.1. The monoisotopic (exact) mass is 345 g/mol. The van der Waals surface area contributed by atoms with Gasteiger partial charge in [0, 0.05) is 46.9 Å². The van der Waals surface area contributed by atoms with E-state index >= 15 is 0 Å². The van der Waals surface area contributed by atoms with Crippen LogP contribution in [0.4, 0.5) is 4.79 Å². The fourth-order valence-corrected chi connectivity index (χ4v) is 3.64. The molecular formula is C19H27N3O3. The lowest BCUT2D eigenvalue weighted by molar-refractivity contribution is -0.147. The third kappa shape index (κ3) is 3.95. The molecule has 2 fully saturated rings. The second-order valence-corrected chi connectivity index (χ2v) is 6.94. The van der Waals surface area contributed by atoms with Crippen LogP contribution in [0.25, 0.3) is 0 Å². The molecule has 136 valence electrons. The number of ether oxygens (including phenoxy) is 1. The predicted octanol–water partition coefficient (Wildman–Crippen LogP) is 1.98. The predicted molar refractivity (Wildman–Crippen MR) is 95.1 cm³/mol. The Kier molecular flexibility index (Phi) is 5.58. The third-order valence-corrected chi connectivity index (χ3v) is 5.01. The molecule has 1 aromatic carbocycles.